The summed E-state index contributed by atoms with van der Waals surface area (Å²) < 4.78 is 19.2. The largest absolute Gasteiger partial charge is 0.497 e. The van der Waals surface area contributed by atoms with E-state index in [0.29, 0.717) is 34.2 Å². The highest BCUT2D eigenvalue weighted by Gasteiger charge is 2.16. The molecule has 0 amide bonds. The van der Waals surface area contributed by atoms with Crippen LogP contribution in [0.4, 0.5) is 10.2 Å². The van der Waals surface area contributed by atoms with Crippen molar-refractivity contribution in [1.82, 2.24) is 9.97 Å². The second-order valence-corrected chi connectivity index (χ2v) is 4.94. The lowest BCUT2D eigenvalue weighted by molar-refractivity contribution is 0.411. The van der Waals surface area contributed by atoms with E-state index in [0.717, 1.165) is 0 Å². The summed E-state index contributed by atoms with van der Waals surface area (Å²) in [7, 11) is 1.50. The van der Waals surface area contributed by atoms with Crippen LogP contribution in [0.5, 0.6) is 5.75 Å². The number of nitrogens with zero attached hydrogens (tertiary/aromatic N) is 2. The lowest BCUT2D eigenvalue weighted by Gasteiger charge is -2.13. The van der Waals surface area contributed by atoms with Crippen molar-refractivity contribution >= 4 is 5.82 Å². The fourth-order valence-electron chi connectivity index (χ4n) is 1.89. The molecule has 20 heavy (non-hydrogen) atoms. The van der Waals surface area contributed by atoms with Crippen LogP contribution in [0.3, 0.4) is 0 Å². The molecule has 1 heterocycles. The summed E-state index contributed by atoms with van der Waals surface area (Å²) >= 11 is 0. The van der Waals surface area contributed by atoms with Gasteiger partial charge in [-0.05, 0) is 19.1 Å². The fourth-order valence-corrected chi connectivity index (χ4v) is 1.89. The Labute approximate surface area is 117 Å². The van der Waals surface area contributed by atoms with E-state index in [1.54, 1.807) is 19.1 Å². The summed E-state index contributed by atoms with van der Waals surface area (Å²) in [6.07, 6.45) is 0. The molecule has 0 unspecified atom stereocenters. The van der Waals surface area contributed by atoms with Crippen LogP contribution < -0.4 is 10.5 Å². The van der Waals surface area contributed by atoms with Crippen molar-refractivity contribution in [2.75, 3.05) is 12.8 Å². The van der Waals surface area contributed by atoms with Gasteiger partial charge in [0.15, 0.2) is 0 Å². The number of halogens is 1. The summed E-state index contributed by atoms with van der Waals surface area (Å²) in [6.45, 7) is 5.73. The van der Waals surface area contributed by atoms with Crippen molar-refractivity contribution in [2.45, 2.75) is 26.7 Å². The van der Waals surface area contributed by atoms with E-state index in [1.165, 1.54) is 13.2 Å². The predicted octanol–water partition coefficient (Wildman–Crippen LogP) is 3.31. The molecule has 2 aromatic rings. The summed E-state index contributed by atoms with van der Waals surface area (Å²) in [5.74, 6) is 1.19. The Hall–Kier alpha value is -2.17. The van der Waals surface area contributed by atoms with Crippen LogP contribution in [0.1, 0.15) is 31.2 Å². The Morgan fingerprint density at radius 3 is 2.50 bits per heavy atom. The molecule has 0 radical (unpaired) electrons. The van der Waals surface area contributed by atoms with Crippen LogP contribution in [-0.4, -0.2) is 17.1 Å². The molecule has 0 aliphatic heterocycles. The van der Waals surface area contributed by atoms with Crippen LogP contribution >= 0.6 is 0 Å². The van der Waals surface area contributed by atoms with Gasteiger partial charge in [-0.3, -0.25) is 0 Å². The molecule has 1 aromatic carbocycles. The van der Waals surface area contributed by atoms with E-state index in [-0.39, 0.29) is 11.7 Å². The van der Waals surface area contributed by atoms with Gasteiger partial charge in [0, 0.05) is 23.1 Å². The topological polar surface area (TPSA) is 61.0 Å². The average Bonchev–Trinajstić information content (AvgIpc) is 2.41. The zero-order valence-electron chi connectivity index (χ0n) is 12.1. The number of methoxy groups -OCH3 is 1. The van der Waals surface area contributed by atoms with Gasteiger partial charge >= 0.3 is 0 Å². The highest BCUT2D eigenvalue weighted by atomic mass is 19.1. The van der Waals surface area contributed by atoms with Gasteiger partial charge in [-0.2, -0.15) is 0 Å². The van der Waals surface area contributed by atoms with Gasteiger partial charge in [-0.1, -0.05) is 13.8 Å². The predicted molar refractivity (Wildman–Crippen MR) is 77.2 cm³/mol. The Balaban J connectivity index is 2.62. The average molecular weight is 275 g/mol. The molecule has 2 N–H and O–H groups in total. The van der Waals surface area contributed by atoms with E-state index in [2.05, 4.69) is 9.97 Å². The Bertz CT molecular complexity index is 641. The van der Waals surface area contributed by atoms with Crippen molar-refractivity contribution in [3.05, 3.63) is 35.4 Å². The second kappa shape index (κ2) is 5.45. The van der Waals surface area contributed by atoms with Gasteiger partial charge < -0.3 is 10.5 Å². The van der Waals surface area contributed by atoms with Crippen molar-refractivity contribution in [3.63, 3.8) is 0 Å². The maximum Gasteiger partial charge on any atom is 0.136 e. The summed E-state index contributed by atoms with van der Waals surface area (Å²) in [5, 5.41) is 0. The smallest absolute Gasteiger partial charge is 0.136 e. The zero-order chi connectivity index (χ0) is 14.9. The first kappa shape index (κ1) is 14.2. The zero-order valence-corrected chi connectivity index (χ0v) is 12.1. The first-order valence-corrected chi connectivity index (χ1v) is 6.42. The molecular weight excluding hydrogens is 257 g/mol. The molecular formula is C15H18FN3O. The standard InChI is InChI=1S/C15H18FN3O/c1-8(2)15-18-13(9(3)14(17)19-15)11-6-5-10(20-4)7-12(11)16/h5-8H,1-4H3,(H2,17,18,19). The first-order valence-electron chi connectivity index (χ1n) is 6.42. The van der Waals surface area contributed by atoms with E-state index < -0.39 is 0 Å². The molecule has 1 aromatic heterocycles. The molecule has 0 aliphatic rings. The fraction of sp³-hybridized carbons (Fsp3) is 0.333. The highest BCUT2D eigenvalue weighted by molar-refractivity contribution is 5.68. The van der Waals surface area contributed by atoms with Crippen LogP contribution in [0, 0.1) is 12.7 Å². The normalized spacial score (nSPS) is 10.9. The number of rotatable bonds is 3. The van der Waals surface area contributed by atoms with Gasteiger partial charge in [0.2, 0.25) is 0 Å². The molecule has 106 valence electrons. The molecule has 0 bridgehead atoms. The number of ether oxygens (including phenoxy) is 1. The minimum absolute atomic E-state index is 0.123. The van der Waals surface area contributed by atoms with E-state index >= 15 is 0 Å². The molecule has 2 rings (SSSR count). The van der Waals surface area contributed by atoms with E-state index in [1.807, 2.05) is 13.8 Å². The number of nitrogen functional groups attached to an aromatic ring is 1. The lowest BCUT2D eigenvalue weighted by atomic mass is 10.1. The SMILES string of the molecule is COc1ccc(-c2nc(C(C)C)nc(N)c2C)c(F)c1. The summed E-state index contributed by atoms with van der Waals surface area (Å²) in [5.41, 5.74) is 7.51. The van der Waals surface area contributed by atoms with Gasteiger partial charge in [-0.25, -0.2) is 14.4 Å². The molecule has 0 fully saturated rings. The number of aromatic nitrogens is 2. The monoisotopic (exact) mass is 275 g/mol. The van der Waals surface area contributed by atoms with Gasteiger partial charge in [0.25, 0.3) is 0 Å². The van der Waals surface area contributed by atoms with Gasteiger partial charge in [0.1, 0.15) is 23.2 Å². The number of hydrogen-bond acceptors (Lipinski definition) is 4. The summed E-state index contributed by atoms with van der Waals surface area (Å²) in [4.78, 5) is 8.69. The highest BCUT2D eigenvalue weighted by Crippen LogP contribution is 2.30. The molecule has 0 saturated heterocycles. The first-order chi connectivity index (χ1) is 9.43. The quantitative estimate of drug-likeness (QED) is 0.933. The molecule has 0 atom stereocenters. The molecule has 0 spiro atoms. The van der Waals surface area contributed by atoms with Gasteiger partial charge in [0.05, 0.1) is 12.8 Å². The third-order valence-corrected chi connectivity index (χ3v) is 3.15. The van der Waals surface area contributed by atoms with Gasteiger partial charge in [-0.15, -0.1) is 0 Å². The van der Waals surface area contributed by atoms with Crippen molar-refractivity contribution in [3.8, 4) is 17.0 Å². The number of benzene rings is 1. The number of anilines is 1. The maximum atomic E-state index is 14.2. The lowest BCUT2D eigenvalue weighted by Crippen LogP contribution is -2.06. The van der Waals surface area contributed by atoms with Crippen molar-refractivity contribution < 1.29 is 9.13 Å². The third kappa shape index (κ3) is 2.57. The number of nitrogens with two attached hydrogens (primary N) is 1. The van der Waals surface area contributed by atoms with E-state index in [4.69, 9.17) is 10.5 Å². The third-order valence-electron chi connectivity index (χ3n) is 3.15. The Kier molecular flexibility index (Phi) is 3.88. The maximum absolute atomic E-state index is 14.2. The molecule has 4 nitrogen and oxygen atoms in total. The van der Waals surface area contributed by atoms with Crippen LogP contribution in [0.25, 0.3) is 11.3 Å². The second-order valence-electron chi connectivity index (χ2n) is 4.94. The molecule has 5 heteroatoms. The minimum atomic E-state index is -0.389. The van der Waals surface area contributed by atoms with Crippen LogP contribution in [0.15, 0.2) is 18.2 Å². The molecule has 0 saturated carbocycles. The Morgan fingerprint density at radius 1 is 1.25 bits per heavy atom. The number of hydrogen-bond donors (Lipinski definition) is 1. The van der Waals surface area contributed by atoms with Crippen LogP contribution in [-0.2, 0) is 0 Å². The summed E-state index contributed by atoms with van der Waals surface area (Å²) in [6, 6.07) is 4.68. The minimum Gasteiger partial charge on any atom is -0.497 e. The van der Waals surface area contributed by atoms with Crippen molar-refractivity contribution in [2.24, 2.45) is 0 Å². The van der Waals surface area contributed by atoms with E-state index in [9.17, 15) is 4.39 Å². The molecule has 0 aliphatic carbocycles. The van der Waals surface area contributed by atoms with Crippen molar-refractivity contribution in [1.29, 1.82) is 0 Å². The Morgan fingerprint density at radius 2 is 1.95 bits per heavy atom. The van der Waals surface area contributed by atoms with Crippen LogP contribution in [0.2, 0.25) is 0 Å².